The first-order valence-electron chi connectivity index (χ1n) is 8.92. The van der Waals surface area contributed by atoms with E-state index in [1.54, 1.807) is 42.5 Å². The number of ether oxygens (including phenoxy) is 2. The topological polar surface area (TPSA) is 102 Å². The van der Waals surface area contributed by atoms with E-state index in [1.807, 2.05) is 6.92 Å². The van der Waals surface area contributed by atoms with E-state index in [0.29, 0.717) is 23.5 Å². The lowest BCUT2D eigenvalue weighted by Crippen LogP contribution is -2.30. The Hall–Kier alpha value is -2.91. The number of carbonyl (C=O) groups is 2. The molecule has 2 rings (SSSR count). The number of hydrogen-bond donors (Lipinski definition) is 1. The van der Waals surface area contributed by atoms with Gasteiger partial charge in [-0.3, -0.25) is 4.79 Å². The number of nitrogens with zero attached hydrogens (tertiary/aromatic N) is 1. The van der Waals surface area contributed by atoms with Crippen LogP contribution in [0.15, 0.2) is 53.4 Å². The van der Waals surface area contributed by atoms with E-state index in [4.69, 9.17) is 9.47 Å². The first kappa shape index (κ1) is 22.4. The summed E-state index contributed by atoms with van der Waals surface area (Å²) in [6.07, 6.45) is 0. The van der Waals surface area contributed by atoms with E-state index in [-0.39, 0.29) is 11.4 Å². The van der Waals surface area contributed by atoms with Crippen molar-refractivity contribution >= 4 is 21.9 Å². The summed E-state index contributed by atoms with van der Waals surface area (Å²) in [6, 6.07) is 12.8. The van der Waals surface area contributed by atoms with Crippen LogP contribution in [0.2, 0.25) is 0 Å². The van der Waals surface area contributed by atoms with Crippen molar-refractivity contribution in [2.45, 2.75) is 18.4 Å². The van der Waals surface area contributed by atoms with Crippen LogP contribution in [-0.2, 0) is 26.1 Å². The summed E-state index contributed by atoms with van der Waals surface area (Å²) >= 11 is 0. The Morgan fingerprint density at radius 2 is 1.69 bits per heavy atom. The summed E-state index contributed by atoms with van der Waals surface area (Å²) in [6.45, 7) is 1.88. The molecule has 0 saturated carbocycles. The summed E-state index contributed by atoms with van der Waals surface area (Å²) in [5, 5.41) is 2.56. The molecule has 0 bridgehead atoms. The highest BCUT2D eigenvalue weighted by Crippen LogP contribution is 2.18. The maximum Gasteiger partial charge on any atom is 0.338 e. The van der Waals surface area contributed by atoms with Crippen LogP contribution in [0.1, 0.15) is 22.8 Å². The summed E-state index contributed by atoms with van der Waals surface area (Å²) in [5.41, 5.74) is 0.732. The molecule has 2 aromatic rings. The third kappa shape index (κ3) is 6.03. The van der Waals surface area contributed by atoms with Gasteiger partial charge in [0.2, 0.25) is 10.0 Å². The Morgan fingerprint density at radius 1 is 1.03 bits per heavy atom. The monoisotopic (exact) mass is 420 g/mol. The van der Waals surface area contributed by atoms with Gasteiger partial charge < -0.3 is 14.8 Å². The van der Waals surface area contributed by atoms with Crippen molar-refractivity contribution in [1.82, 2.24) is 9.62 Å². The number of carbonyl (C=O) groups excluding carboxylic acids is 2. The van der Waals surface area contributed by atoms with Gasteiger partial charge in [0.25, 0.3) is 5.91 Å². The number of nitrogens with one attached hydrogen (secondary N) is 1. The predicted octanol–water partition coefficient (Wildman–Crippen LogP) is 1.81. The molecule has 8 nitrogen and oxygen atoms in total. The second kappa shape index (κ2) is 10.0. The quantitative estimate of drug-likeness (QED) is 0.621. The van der Waals surface area contributed by atoms with E-state index in [2.05, 4.69) is 5.32 Å². The van der Waals surface area contributed by atoms with Crippen LogP contribution in [0.5, 0.6) is 5.75 Å². The molecule has 2 aromatic carbocycles. The summed E-state index contributed by atoms with van der Waals surface area (Å²) in [5.74, 6) is -0.548. The number of benzene rings is 2. The SMILES string of the molecule is CCOc1ccc(C(=O)OCC(=O)NCc2ccccc2S(=O)(=O)N(C)C)cc1. The third-order valence-corrected chi connectivity index (χ3v) is 5.86. The number of hydrogen-bond acceptors (Lipinski definition) is 6. The van der Waals surface area contributed by atoms with Gasteiger partial charge >= 0.3 is 5.97 Å². The van der Waals surface area contributed by atoms with Crippen LogP contribution in [0.3, 0.4) is 0 Å². The minimum atomic E-state index is -3.64. The Kier molecular flexibility index (Phi) is 7.74. The first-order valence-corrected chi connectivity index (χ1v) is 10.4. The maximum atomic E-state index is 12.4. The molecule has 1 N–H and O–H groups in total. The Morgan fingerprint density at radius 3 is 2.31 bits per heavy atom. The molecule has 0 aliphatic heterocycles. The fourth-order valence-corrected chi connectivity index (χ4v) is 3.53. The van der Waals surface area contributed by atoms with E-state index < -0.39 is 28.5 Å². The molecule has 0 spiro atoms. The maximum absolute atomic E-state index is 12.4. The number of sulfonamides is 1. The third-order valence-electron chi connectivity index (χ3n) is 3.94. The minimum Gasteiger partial charge on any atom is -0.494 e. The van der Waals surface area contributed by atoms with Gasteiger partial charge in [0.05, 0.1) is 17.1 Å². The molecule has 9 heteroatoms. The van der Waals surface area contributed by atoms with Gasteiger partial charge in [-0.25, -0.2) is 17.5 Å². The molecule has 29 heavy (non-hydrogen) atoms. The molecule has 0 unspecified atom stereocenters. The van der Waals surface area contributed by atoms with Gasteiger partial charge in [0.1, 0.15) is 5.75 Å². The lowest BCUT2D eigenvalue weighted by atomic mass is 10.2. The largest absolute Gasteiger partial charge is 0.494 e. The Bertz CT molecular complexity index is 955. The molecule has 156 valence electrons. The zero-order valence-electron chi connectivity index (χ0n) is 16.5. The number of esters is 1. The highest BCUT2D eigenvalue weighted by Gasteiger charge is 2.21. The van der Waals surface area contributed by atoms with Crippen LogP contribution in [0, 0.1) is 0 Å². The van der Waals surface area contributed by atoms with Crippen molar-refractivity contribution < 1.29 is 27.5 Å². The molecule has 0 aliphatic carbocycles. The van der Waals surface area contributed by atoms with E-state index in [1.165, 1.54) is 20.2 Å². The molecular weight excluding hydrogens is 396 g/mol. The predicted molar refractivity (Wildman–Crippen MR) is 107 cm³/mol. The Labute approximate surface area is 170 Å². The summed E-state index contributed by atoms with van der Waals surface area (Å²) in [4.78, 5) is 24.2. The minimum absolute atomic E-state index is 0.0112. The fourth-order valence-electron chi connectivity index (χ4n) is 2.41. The number of rotatable bonds is 9. The Balaban J connectivity index is 1.92. The van der Waals surface area contributed by atoms with Crippen molar-refractivity contribution in [2.24, 2.45) is 0 Å². The second-order valence-electron chi connectivity index (χ2n) is 6.21. The first-order chi connectivity index (χ1) is 13.8. The van der Waals surface area contributed by atoms with Crippen molar-refractivity contribution in [2.75, 3.05) is 27.3 Å². The molecule has 0 heterocycles. The van der Waals surface area contributed by atoms with Crippen LogP contribution in [0.4, 0.5) is 0 Å². The standard InChI is InChI=1S/C20H24N2O6S/c1-4-27-17-11-9-15(10-12-17)20(24)28-14-19(23)21-13-16-7-5-6-8-18(16)29(25,26)22(2)3/h5-12H,4,13-14H2,1-3H3,(H,21,23). The summed E-state index contributed by atoms with van der Waals surface area (Å²) in [7, 11) is -0.767. The molecule has 0 radical (unpaired) electrons. The normalized spacial score (nSPS) is 11.2. The molecule has 0 atom stereocenters. The molecular formula is C20H24N2O6S. The van der Waals surface area contributed by atoms with Gasteiger partial charge in [-0.05, 0) is 42.8 Å². The van der Waals surface area contributed by atoms with Gasteiger partial charge in [0, 0.05) is 20.6 Å². The van der Waals surface area contributed by atoms with Crippen molar-refractivity contribution in [3.05, 3.63) is 59.7 Å². The van der Waals surface area contributed by atoms with E-state index in [9.17, 15) is 18.0 Å². The zero-order valence-corrected chi connectivity index (χ0v) is 17.4. The van der Waals surface area contributed by atoms with E-state index in [0.717, 1.165) is 4.31 Å². The highest BCUT2D eigenvalue weighted by atomic mass is 32.2. The molecule has 0 fully saturated rings. The smallest absolute Gasteiger partial charge is 0.338 e. The van der Waals surface area contributed by atoms with Crippen molar-refractivity contribution in [3.63, 3.8) is 0 Å². The van der Waals surface area contributed by atoms with Crippen LogP contribution in [0.25, 0.3) is 0 Å². The lowest BCUT2D eigenvalue weighted by Gasteiger charge is -2.15. The van der Waals surface area contributed by atoms with Gasteiger partial charge in [-0.1, -0.05) is 18.2 Å². The molecule has 1 amide bonds. The zero-order chi connectivity index (χ0) is 21.4. The van der Waals surface area contributed by atoms with Crippen molar-refractivity contribution in [1.29, 1.82) is 0 Å². The molecule has 0 aliphatic rings. The van der Waals surface area contributed by atoms with Gasteiger partial charge in [-0.15, -0.1) is 0 Å². The van der Waals surface area contributed by atoms with Crippen LogP contribution >= 0.6 is 0 Å². The highest BCUT2D eigenvalue weighted by molar-refractivity contribution is 7.89. The number of amides is 1. The summed E-state index contributed by atoms with van der Waals surface area (Å²) < 4.78 is 36.1. The fraction of sp³-hybridized carbons (Fsp3) is 0.300. The van der Waals surface area contributed by atoms with E-state index >= 15 is 0 Å². The average Bonchev–Trinajstić information content (AvgIpc) is 2.71. The second-order valence-corrected chi connectivity index (χ2v) is 8.33. The van der Waals surface area contributed by atoms with Crippen LogP contribution < -0.4 is 10.1 Å². The lowest BCUT2D eigenvalue weighted by molar-refractivity contribution is -0.124. The van der Waals surface area contributed by atoms with Gasteiger partial charge in [-0.2, -0.15) is 0 Å². The molecule has 0 saturated heterocycles. The van der Waals surface area contributed by atoms with Gasteiger partial charge in [0.15, 0.2) is 6.61 Å². The van der Waals surface area contributed by atoms with Crippen LogP contribution in [-0.4, -0.2) is 51.9 Å². The molecule has 0 aromatic heterocycles. The average molecular weight is 420 g/mol. The van der Waals surface area contributed by atoms with Crippen molar-refractivity contribution in [3.8, 4) is 5.75 Å².